The molecule has 1 aliphatic heterocycles. The van der Waals surface area contributed by atoms with E-state index in [0.29, 0.717) is 43.5 Å². The highest BCUT2D eigenvalue weighted by atomic mass is 35.5. The normalized spacial score (nSPS) is 15.2. The smallest absolute Gasteiger partial charge is 0.294 e. The standard InChI is InChI=1S/C22H23Cl2N7O2/c23-16-5-3-4-15(12-16)20-29-19(33-30-20)14-25-10-11-31-18(24)13-28-21(22(31)32)27-9-7-17-6-1-2-8-26-17/h1-6,8,12-13,20,25,30H,7,9-11,14H2,(H,27,28). The lowest BCUT2D eigenvalue weighted by molar-refractivity contribution is 0.176. The third-order valence-corrected chi connectivity index (χ3v) is 5.46. The summed E-state index contributed by atoms with van der Waals surface area (Å²) in [5, 5.41) is 7.19. The molecule has 0 fully saturated rings. The number of hydrogen-bond donors (Lipinski definition) is 3. The third-order valence-electron chi connectivity index (χ3n) is 4.92. The Morgan fingerprint density at radius 3 is 2.85 bits per heavy atom. The van der Waals surface area contributed by atoms with Gasteiger partial charge in [-0.15, -0.1) is 5.48 Å². The minimum Gasteiger partial charge on any atom is -0.390 e. The van der Waals surface area contributed by atoms with E-state index in [1.54, 1.807) is 12.3 Å². The van der Waals surface area contributed by atoms with Gasteiger partial charge in [0.15, 0.2) is 12.0 Å². The molecule has 1 aliphatic rings. The molecule has 172 valence electrons. The third kappa shape index (κ3) is 6.29. The molecule has 11 heteroatoms. The van der Waals surface area contributed by atoms with Crippen LogP contribution in [0.5, 0.6) is 0 Å². The zero-order valence-corrected chi connectivity index (χ0v) is 19.2. The first kappa shape index (κ1) is 23.2. The van der Waals surface area contributed by atoms with Crippen LogP contribution in [0.4, 0.5) is 5.82 Å². The van der Waals surface area contributed by atoms with Crippen molar-refractivity contribution < 1.29 is 4.84 Å². The second kappa shape index (κ2) is 11.2. The SMILES string of the molecule is O=c1c(NCCc2ccccn2)ncc(Cl)n1CCNCC1=NC(c2cccc(Cl)c2)NO1. The zero-order valence-electron chi connectivity index (χ0n) is 17.7. The Hall–Kier alpha value is -2.98. The average molecular weight is 488 g/mol. The van der Waals surface area contributed by atoms with E-state index in [0.717, 1.165) is 11.3 Å². The minimum absolute atomic E-state index is 0.257. The van der Waals surface area contributed by atoms with Crippen molar-refractivity contribution >= 4 is 34.9 Å². The van der Waals surface area contributed by atoms with E-state index in [4.69, 9.17) is 28.0 Å². The van der Waals surface area contributed by atoms with Crippen molar-refractivity contribution in [2.45, 2.75) is 19.1 Å². The van der Waals surface area contributed by atoms with E-state index in [1.807, 2.05) is 36.4 Å². The number of aliphatic imine (C=N–C) groups is 1. The molecular weight excluding hydrogens is 465 g/mol. The van der Waals surface area contributed by atoms with Crippen LogP contribution < -0.4 is 21.7 Å². The second-order valence-electron chi connectivity index (χ2n) is 7.26. The first-order valence-electron chi connectivity index (χ1n) is 10.4. The van der Waals surface area contributed by atoms with Gasteiger partial charge < -0.3 is 15.5 Å². The number of hydrogen-bond acceptors (Lipinski definition) is 8. The van der Waals surface area contributed by atoms with Crippen LogP contribution in [0.1, 0.15) is 17.4 Å². The molecule has 0 bridgehead atoms. The van der Waals surface area contributed by atoms with Gasteiger partial charge in [0, 0.05) is 43.0 Å². The molecule has 0 radical (unpaired) electrons. The lowest BCUT2D eigenvalue weighted by atomic mass is 10.2. The molecule has 0 saturated heterocycles. The summed E-state index contributed by atoms with van der Waals surface area (Å²) in [5.41, 5.74) is 4.44. The number of benzene rings is 1. The molecule has 0 aliphatic carbocycles. The lowest BCUT2D eigenvalue weighted by Gasteiger charge is -2.11. The van der Waals surface area contributed by atoms with E-state index in [1.165, 1.54) is 10.8 Å². The van der Waals surface area contributed by atoms with E-state index in [2.05, 4.69) is 31.1 Å². The Labute approximate surface area is 200 Å². The van der Waals surface area contributed by atoms with Crippen LogP contribution in [0.2, 0.25) is 10.2 Å². The molecule has 3 heterocycles. The van der Waals surface area contributed by atoms with Crippen LogP contribution in [0.25, 0.3) is 0 Å². The van der Waals surface area contributed by atoms with Gasteiger partial charge >= 0.3 is 0 Å². The van der Waals surface area contributed by atoms with E-state index in [9.17, 15) is 4.79 Å². The molecule has 1 aromatic carbocycles. The van der Waals surface area contributed by atoms with Crippen molar-refractivity contribution in [2.24, 2.45) is 4.99 Å². The number of nitrogens with one attached hydrogen (secondary N) is 3. The summed E-state index contributed by atoms with van der Waals surface area (Å²) in [6.07, 6.45) is 3.58. The molecule has 0 saturated carbocycles. The van der Waals surface area contributed by atoms with Crippen molar-refractivity contribution in [3.63, 3.8) is 0 Å². The van der Waals surface area contributed by atoms with Crippen molar-refractivity contribution in [1.82, 2.24) is 25.3 Å². The summed E-state index contributed by atoms with van der Waals surface area (Å²) in [4.78, 5) is 31.1. The van der Waals surface area contributed by atoms with Gasteiger partial charge in [-0.2, -0.15) is 0 Å². The van der Waals surface area contributed by atoms with E-state index in [-0.39, 0.29) is 22.7 Å². The van der Waals surface area contributed by atoms with Crippen molar-refractivity contribution in [1.29, 1.82) is 0 Å². The maximum atomic E-state index is 12.8. The van der Waals surface area contributed by atoms with Crippen molar-refractivity contribution in [2.75, 3.05) is 25.0 Å². The van der Waals surface area contributed by atoms with Crippen LogP contribution in [0.3, 0.4) is 0 Å². The topological polar surface area (TPSA) is 105 Å². The maximum absolute atomic E-state index is 12.8. The Morgan fingerprint density at radius 2 is 2.03 bits per heavy atom. The van der Waals surface area contributed by atoms with Crippen molar-refractivity contribution in [3.8, 4) is 0 Å². The minimum atomic E-state index is -0.308. The molecule has 9 nitrogen and oxygen atoms in total. The first-order valence-corrected chi connectivity index (χ1v) is 11.2. The molecule has 1 unspecified atom stereocenters. The molecule has 1 atom stereocenters. The number of anilines is 1. The van der Waals surface area contributed by atoms with Crippen LogP contribution in [-0.2, 0) is 17.8 Å². The number of hydroxylamine groups is 1. The summed E-state index contributed by atoms with van der Waals surface area (Å²) in [7, 11) is 0. The fourth-order valence-corrected chi connectivity index (χ4v) is 3.67. The molecule has 2 aromatic heterocycles. The van der Waals surface area contributed by atoms with Gasteiger partial charge in [-0.3, -0.25) is 14.3 Å². The highest BCUT2D eigenvalue weighted by Crippen LogP contribution is 2.21. The molecular formula is C22H23Cl2N7O2. The average Bonchev–Trinajstić information content (AvgIpc) is 3.30. The van der Waals surface area contributed by atoms with Gasteiger partial charge in [-0.05, 0) is 29.8 Å². The number of aromatic nitrogens is 3. The van der Waals surface area contributed by atoms with Crippen molar-refractivity contribution in [3.05, 3.63) is 86.6 Å². The molecule has 3 aromatic rings. The fourth-order valence-electron chi connectivity index (χ4n) is 3.26. The molecule has 0 spiro atoms. The lowest BCUT2D eigenvalue weighted by Crippen LogP contribution is -2.32. The monoisotopic (exact) mass is 487 g/mol. The van der Waals surface area contributed by atoms with Gasteiger partial charge in [-0.25, -0.2) is 9.98 Å². The summed E-state index contributed by atoms with van der Waals surface area (Å²) in [6, 6.07) is 13.2. The van der Waals surface area contributed by atoms with Crippen LogP contribution in [0.15, 0.2) is 64.6 Å². The number of halogens is 2. The van der Waals surface area contributed by atoms with Crippen LogP contribution in [0, 0.1) is 0 Å². The highest BCUT2D eigenvalue weighted by molar-refractivity contribution is 6.30. The first-order chi connectivity index (χ1) is 16.1. The fraction of sp³-hybridized carbons (Fsp3) is 0.273. The molecule has 4 rings (SSSR count). The van der Waals surface area contributed by atoms with Crippen LogP contribution in [-0.4, -0.2) is 40.1 Å². The number of rotatable bonds is 10. The number of pyridine rings is 1. The van der Waals surface area contributed by atoms with E-state index < -0.39 is 0 Å². The molecule has 3 N–H and O–H groups in total. The van der Waals surface area contributed by atoms with Gasteiger partial charge in [0.05, 0.1) is 12.7 Å². The van der Waals surface area contributed by atoms with Gasteiger partial charge in [-0.1, -0.05) is 41.4 Å². The zero-order chi connectivity index (χ0) is 23.0. The second-order valence-corrected chi connectivity index (χ2v) is 8.08. The predicted octanol–water partition coefficient (Wildman–Crippen LogP) is 2.82. The number of nitrogens with zero attached hydrogens (tertiary/aromatic N) is 4. The summed E-state index contributed by atoms with van der Waals surface area (Å²) >= 11 is 12.2. The van der Waals surface area contributed by atoms with E-state index >= 15 is 0 Å². The molecule has 33 heavy (non-hydrogen) atoms. The highest BCUT2D eigenvalue weighted by Gasteiger charge is 2.20. The van der Waals surface area contributed by atoms with Gasteiger partial charge in [0.2, 0.25) is 5.90 Å². The Bertz CT molecular complexity index is 1170. The largest absolute Gasteiger partial charge is 0.390 e. The van der Waals surface area contributed by atoms with Gasteiger partial charge in [0.1, 0.15) is 5.15 Å². The van der Waals surface area contributed by atoms with Gasteiger partial charge in [0.25, 0.3) is 5.56 Å². The summed E-state index contributed by atoms with van der Waals surface area (Å²) in [5.74, 6) is 0.775. The summed E-state index contributed by atoms with van der Waals surface area (Å²) in [6.45, 7) is 1.79. The quantitative estimate of drug-likeness (QED) is 0.377. The molecule has 0 amide bonds. The Kier molecular flexibility index (Phi) is 7.90. The summed E-state index contributed by atoms with van der Waals surface area (Å²) < 4.78 is 1.47. The Balaban J connectivity index is 1.27. The Morgan fingerprint density at radius 1 is 1.12 bits per heavy atom. The maximum Gasteiger partial charge on any atom is 0.294 e. The predicted molar refractivity (Wildman–Crippen MR) is 129 cm³/mol. The van der Waals surface area contributed by atoms with Crippen LogP contribution >= 0.6 is 23.2 Å².